The van der Waals surface area contributed by atoms with Crippen molar-refractivity contribution in [2.45, 2.75) is 126 Å². The molecular formula is C28H44N4O2. The van der Waals surface area contributed by atoms with Gasteiger partial charge in [-0.05, 0) is 138 Å². The second-order valence-corrected chi connectivity index (χ2v) is 14.2. The minimum Gasteiger partial charge on any atom is -0.335 e. The summed E-state index contributed by atoms with van der Waals surface area (Å²) in [5.74, 6) is 5.01. The Morgan fingerprint density at radius 1 is 0.500 bits per heavy atom. The molecule has 0 spiro atoms. The smallest absolute Gasteiger partial charge is 0.315 e. The third-order valence-electron chi connectivity index (χ3n) is 11.2. The molecule has 9 aliphatic carbocycles. The SMILES string of the molecule is O=C(NC1CCCC(NC(=O)NC23CC4CC(CC(C4)C2)C3)C1)NC12CC3CC(CC(C3)C1)C2. The summed E-state index contributed by atoms with van der Waals surface area (Å²) in [5.41, 5.74) is 0.117. The third kappa shape index (κ3) is 4.11. The van der Waals surface area contributed by atoms with Crippen LogP contribution in [0.3, 0.4) is 0 Å². The fraction of sp³-hybridized carbons (Fsp3) is 0.929. The van der Waals surface area contributed by atoms with Crippen molar-refractivity contribution in [3.05, 3.63) is 0 Å². The summed E-state index contributed by atoms with van der Waals surface area (Å²) in [6.07, 6.45) is 19.4. The number of carbonyl (C=O) groups is 2. The highest BCUT2D eigenvalue weighted by atomic mass is 16.2. The van der Waals surface area contributed by atoms with Crippen LogP contribution in [0, 0.1) is 35.5 Å². The minimum absolute atomic E-state index is 0.0330. The first-order valence-corrected chi connectivity index (χ1v) is 14.6. The van der Waals surface area contributed by atoms with Crippen LogP contribution >= 0.6 is 0 Å². The first-order valence-electron chi connectivity index (χ1n) is 14.6. The van der Waals surface area contributed by atoms with Crippen molar-refractivity contribution in [1.82, 2.24) is 21.3 Å². The van der Waals surface area contributed by atoms with Crippen LogP contribution in [0.5, 0.6) is 0 Å². The van der Waals surface area contributed by atoms with Crippen molar-refractivity contribution < 1.29 is 9.59 Å². The maximum atomic E-state index is 13.0. The van der Waals surface area contributed by atoms with Gasteiger partial charge in [-0.15, -0.1) is 0 Å². The molecule has 2 atom stereocenters. The summed E-state index contributed by atoms with van der Waals surface area (Å²) >= 11 is 0. The highest BCUT2D eigenvalue weighted by Gasteiger charge is 2.53. The maximum absolute atomic E-state index is 13.0. The number of urea groups is 2. The van der Waals surface area contributed by atoms with Gasteiger partial charge in [-0.25, -0.2) is 9.59 Å². The molecule has 4 amide bonds. The number of rotatable bonds is 4. The van der Waals surface area contributed by atoms with Gasteiger partial charge in [0.15, 0.2) is 0 Å². The molecule has 0 aromatic carbocycles. The van der Waals surface area contributed by atoms with Crippen molar-refractivity contribution in [3.8, 4) is 0 Å². The normalized spacial score (nSPS) is 50.1. The monoisotopic (exact) mass is 468 g/mol. The molecule has 0 heterocycles. The lowest BCUT2D eigenvalue weighted by Crippen LogP contribution is -2.63. The molecule has 9 fully saturated rings. The van der Waals surface area contributed by atoms with Crippen LogP contribution in [0.15, 0.2) is 0 Å². The number of hydrogen-bond donors (Lipinski definition) is 4. The molecule has 6 nitrogen and oxygen atoms in total. The second kappa shape index (κ2) is 8.03. The van der Waals surface area contributed by atoms with Crippen LogP contribution in [-0.2, 0) is 0 Å². The summed E-state index contributed by atoms with van der Waals surface area (Å²) in [7, 11) is 0. The largest absolute Gasteiger partial charge is 0.335 e. The Hall–Kier alpha value is -1.46. The van der Waals surface area contributed by atoms with Crippen molar-refractivity contribution in [2.75, 3.05) is 0 Å². The van der Waals surface area contributed by atoms with Gasteiger partial charge in [-0.2, -0.15) is 0 Å². The second-order valence-electron chi connectivity index (χ2n) is 14.2. The summed E-state index contributed by atoms with van der Waals surface area (Å²) in [4.78, 5) is 26.0. The van der Waals surface area contributed by atoms with E-state index in [2.05, 4.69) is 21.3 Å². The molecule has 9 saturated carbocycles. The summed E-state index contributed by atoms with van der Waals surface area (Å²) < 4.78 is 0. The molecule has 0 saturated heterocycles. The lowest BCUT2D eigenvalue weighted by molar-refractivity contribution is -0.0137. The van der Waals surface area contributed by atoms with Gasteiger partial charge in [0.1, 0.15) is 0 Å². The zero-order valence-electron chi connectivity index (χ0n) is 20.7. The van der Waals surface area contributed by atoms with E-state index in [0.717, 1.165) is 61.2 Å². The van der Waals surface area contributed by atoms with Crippen molar-refractivity contribution in [2.24, 2.45) is 35.5 Å². The van der Waals surface area contributed by atoms with E-state index < -0.39 is 0 Å². The lowest BCUT2D eigenvalue weighted by Gasteiger charge is -2.57. The Labute approximate surface area is 204 Å². The first-order chi connectivity index (χ1) is 16.4. The first kappa shape index (κ1) is 21.8. The van der Waals surface area contributed by atoms with Gasteiger partial charge in [0.25, 0.3) is 0 Å². The van der Waals surface area contributed by atoms with E-state index >= 15 is 0 Å². The summed E-state index contributed by atoms with van der Waals surface area (Å²) in [5, 5.41) is 13.5. The Morgan fingerprint density at radius 3 is 1.15 bits per heavy atom. The molecule has 6 heteroatoms. The average molecular weight is 469 g/mol. The van der Waals surface area contributed by atoms with E-state index in [1.54, 1.807) is 0 Å². The Morgan fingerprint density at radius 2 is 0.824 bits per heavy atom. The Bertz CT molecular complexity index is 704. The standard InChI is InChI=1S/C28H44N4O2/c33-25(31-27-11-17-4-18(12-27)6-19(5-17)13-27)29-23-2-1-3-24(10-23)30-26(34)32-28-14-20-7-21(15-28)9-22(8-20)16-28/h17-24H,1-16H2,(H2,29,31,33)(H2,30,32,34). The topological polar surface area (TPSA) is 82.3 Å². The zero-order valence-corrected chi connectivity index (χ0v) is 20.7. The number of nitrogens with one attached hydrogen (secondary N) is 4. The van der Waals surface area contributed by atoms with Gasteiger partial charge < -0.3 is 21.3 Å². The molecule has 0 aliphatic heterocycles. The zero-order chi connectivity index (χ0) is 22.9. The Kier molecular flexibility index (Phi) is 5.14. The van der Waals surface area contributed by atoms with E-state index in [-0.39, 0.29) is 35.2 Å². The van der Waals surface area contributed by atoms with Gasteiger partial charge >= 0.3 is 12.1 Å². The van der Waals surface area contributed by atoms with E-state index in [9.17, 15) is 9.59 Å². The van der Waals surface area contributed by atoms with Gasteiger partial charge in [0.2, 0.25) is 0 Å². The van der Waals surface area contributed by atoms with Crippen molar-refractivity contribution >= 4 is 12.1 Å². The highest BCUT2D eigenvalue weighted by molar-refractivity contribution is 5.76. The van der Waals surface area contributed by atoms with Crippen LogP contribution in [-0.4, -0.2) is 35.2 Å². The lowest BCUT2D eigenvalue weighted by atomic mass is 9.53. The number of amides is 4. The van der Waals surface area contributed by atoms with Crippen LogP contribution in [0.2, 0.25) is 0 Å². The summed E-state index contributed by atoms with van der Waals surface area (Å²) in [6.45, 7) is 0. The van der Waals surface area contributed by atoms with Crippen LogP contribution in [0.1, 0.15) is 103 Å². The fourth-order valence-corrected chi connectivity index (χ4v) is 10.9. The van der Waals surface area contributed by atoms with Crippen LogP contribution in [0.4, 0.5) is 9.59 Å². The molecule has 0 aromatic heterocycles. The number of carbonyl (C=O) groups excluding carboxylic acids is 2. The van der Waals surface area contributed by atoms with Gasteiger partial charge in [0.05, 0.1) is 0 Å². The van der Waals surface area contributed by atoms with Gasteiger partial charge in [0, 0.05) is 23.2 Å². The number of hydrogen-bond acceptors (Lipinski definition) is 2. The molecule has 0 radical (unpaired) electrons. The molecule has 8 bridgehead atoms. The molecule has 0 aromatic rings. The quantitative estimate of drug-likeness (QED) is 0.476. The maximum Gasteiger partial charge on any atom is 0.315 e. The fourth-order valence-electron chi connectivity index (χ4n) is 10.9. The molecule has 34 heavy (non-hydrogen) atoms. The van der Waals surface area contributed by atoms with Gasteiger partial charge in [-0.3, -0.25) is 0 Å². The Balaban J connectivity index is 0.909. The van der Waals surface area contributed by atoms with E-state index in [1.807, 2.05) is 0 Å². The predicted molar refractivity (Wildman–Crippen MR) is 131 cm³/mol. The molecule has 9 aliphatic rings. The predicted octanol–water partition coefficient (Wildman–Crippen LogP) is 4.83. The molecule has 4 N–H and O–H groups in total. The molecule has 9 rings (SSSR count). The summed E-state index contributed by atoms with van der Waals surface area (Å²) in [6, 6.07) is 0.385. The highest BCUT2D eigenvalue weighted by Crippen LogP contribution is 2.56. The van der Waals surface area contributed by atoms with E-state index in [0.29, 0.717) is 0 Å². The van der Waals surface area contributed by atoms with Crippen molar-refractivity contribution in [3.63, 3.8) is 0 Å². The molecule has 188 valence electrons. The average Bonchev–Trinajstić information content (AvgIpc) is 2.70. The van der Waals surface area contributed by atoms with Crippen LogP contribution < -0.4 is 21.3 Å². The van der Waals surface area contributed by atoms with E-state index in [4.69, 9.17) is 0 Å². The molecule has 2 unspecified atom stereocenters. The van der Waals surface area contributed by atoms with Crippen LogP contribution in [0.25, 0.3) is 0 Å². The van der Waals surface area contributed by atoms with Crippen molar-refractivity contribution in [1.29, 1.82) is 0 Å². The minimum atomic E-state index is 0.0330. The van der Waals surface area contributed by atoms with Gasteiger partial charge in [-0.1, -0.05) is 0 Å². The third-order valence-corrected chi connectivity index (χ3v) is 11.2. The molecular weight excluding hydrogens is 424 g/mol. The van der Waals surface area contributed by atoms with E-state index in [1.165, 1.54) is 77.0 Å².